The Morgan fingerprint density at radius 1 is 1.50 bits per heavy atom. The molecule has 1 atom stereocenters. The summed E-state index contributed by atoms with van der Waals surface area (Å²) in [4.78, 5) is 8.09. The van der Waals surface area contributed by atoms with Crippen LogP contribution in [0.5, 0.6) is 5.88 Å². The average molecular weight is 244 g/mol. The molecule has 1 heterocycles. The number of aromatic nitrogens is 2. The Labute approximate surface area is 101 Å². The van der Waals surface area contributed by atoms with Gasteiger partial charge in [0.2, 0.25) is 5.88 Å². The molecule has 1 unspecified atom stereocenters. The van der Waals surface area contributed by atoms with Crippen LogP contribution < -0.4 is 10.1 Å². The van der Waals surface area contributed by atoms with E-state index in [1.54, 1.807) is 6.07 Å². The number of halogens is 1. The Kier molecular flexibility index (Phi) is 5.93. The fourth-order valence-corrected chi connectivity index (χ4v) is 1.42. The third-order valence-electron chi connectivity index (χ3n) is 2.02. The van der Waals surface area contributed by atoms with Crippen molar-refractivity contribution < 1.29 is 4.74 Å². The van der Waals surface area contributed by atoms with Gasteiger partial charge in [-0.05, 0) is 26.7 Å². The Bertz CT molecular complexity index is 307. The van der Waals surface area contributed by atoms with E-state index in [2.05, 4.69) is 15.3 Å². The standard InChI is InChI=1S/C11H18ClN3O/c1-3-16-11-7-10(14-8-15-11)13-6-4-5-9(2)12/h7-9H,3-6H2,1-2H3,(H,13,14,15). The number of anilines is 1. The largest absolute Gasteiger partial charge is 0.478 e. The second-order valence-corrected chi connectivity index (χ2v) is 4.27. The van der Waals surface area contributed by atoms with Gasteiger partial charge in [-0.15, -0.1) is 11.6 Å². The molecule has 0 aliphatic carbocycles. The van der Waals surface area contributed by atoms with E-state index >= 15 is 0 Å². The molecule has 0 aliphatic heterocycles. The van der Waals surface area contributed by atoms with Gasteiger partial charge in [-0.1, -0.05) is 0 Å². The van der Waals surface area contributed by atoms with Crippen LogP contribution in [0.2, 0.25) is 0 Å². The van der Waals surface area contributed by atoms with Gasteiger partial charge in [-0.2, -0.15) is 0 Å². The predicted octanol–water partition coefficient (Wildman–Crippen LogP) is 2.69. The van der Waals surface area contributed by atoms with E-state index in [1.807, 2.05) is 13.8 Å². The first-order chi connectivity index (χ1) is 7.72. The maximum atomic E-state index is 5.85. The summed E-state index contributed by atoms with van der Waals surface area (Å²) in [5, 5.41) is 3.44. The molecule has 0 radical (unpaired) electrons. The molecule has 0 amide bonds. The lowest BCUT2D eigenvalue weighted by molar-refractivity contribution is 0.326. The highest BCUT2D eigenvalue weighted by atomic mass is 35.5. The maximum Gasteiger partial charge on any atom is 0.218 e. The average Bonchev–Trinajstić information content (AvgIpc) is 2.25. The van der Waals surface area contributed by atoms with E-state index in [9.17, 15) is 0 Å². The zero-order valence-corrected chi connectivity index (χ0v) is 10.5. The van der Waals surface area contributed by atoms with Gasteiger partial charge in [0.15, 0.2) is 0 Å². The van der Waals surface area contributed by atoms with Gasteiger partial charge in [0.1, 0.15) is 12.1 Å². The van der Waals surface area contributed by atoms with Crippen LogP contribution in [0.3, 0.4) is 0 Å². The van der Waals surface area contributed by atoms with E-state index in [-0.39, 0.29) is 5.38 Å². The summed E-state index contributed by atoms with van der Waals surface area (Å²) < 4.78 is 5.28. The fraction of sp³-hybridized carbons (Fsp3) is 0.636. The molecule has 1 aromatic rings. The van der Waals surface area contributed by atoms with Crippen LogP contribution in [-0.2, 0) is 0 Å². The number of rotatable bonds is 7. The molecule has 0 bridgehead atoms. The minimum Gasteiger partial charge on any atom is -0.478 e. The van der Waals surface area contributed by atoms with Crippen molar-refractivity contribution in [3.63, 3.8) is 0 Å². The molecule has 1 aromatic heterocycles. The third kappa shape index (κ3) is 5.16. The maximum absolute atomic E-state index is 5.85. The van der Waals surface area contributed by atoms with Crippen molar-refractivity contribution in [3.05, 3.63) is 12.4 Å². The summed E-state index contributed by atoms with van der Waals surface area (Å²) in [6.45, 7) is 5.40. The first-order valence-electron chi connectivity index (χ1n) is 5.55. The minimum atomic E-state index is 0.228. The first kappa shape index (κ1) is 13.0. The second kappa shape index (κ2) is 7.28. The summed E-state index contributed by atoms with van der Waals surface area (Å²) >= 11 is 5.85. The zero-order valence-electron chi connectivity index (χ0n) is 9.74. The summed E-state index contributed by atoms with van der Waals surface area (Å²) in [5.41, 5.74) is 0. The van der Waals surface area contributed by atoms with Crippen LogP contribution in [0.15, 0.2) is 12.4 Å². The number of nitrogens with zero attached hydrogens (tertiary/aromatic N) is 2. The Balaban J connectivity index is 2.33. The number of nitrogens with one attached hydrogen (secondary N) is 1. The molecule has 4 nitrogen and oxygen atoms in total. The molecule has 0 spiro atoms. The number of ether oxygens (including phenoxy) is 1. The molecule has 0 aromatic carbocycles. The van der Waals surface area contributed by atoms with Crippen molar-refractivity contribution in [1.82, 2.24) is 9.97 Å². The van der Waals surface area contributed by atoms with Crippen molar-refractivity contribution in [3.8, 4) is 5.88 Å². The Morgan fingerprint density at radius 3 is 3.00 bits per heavy atom. The zero-order chi connectivity index (χ0) is 11.8. The first-order valence-corrected chi connectivity index (χ1v) is 5.98. The molecule has 5 heteroatoms. The SMILES string of the molecule is CCOc1cc(NCCCC(C)Cl)ncn1. The van der Waals surface area contributed by atoms with Crippen molar-refractivity contribution in [2.75, 3.05) is 18.5 Å². The van der Waals surface area contributed by atoms with E-state index < -0.39 is 0 Å². The molecule has 0 aliphatic rings. The normalized spacial score (nSPS) is 12.2. The lowest BCUT2D eigenvalue weighted by Gasteiger charge is -2.07. The smallest absolute Gasteiger partial charge is 0.218 e. The highest BCUT2D eigenvalue weighted by Crippen LogP contribution is 2.11. The molecule has 1 N–H and O–H groups in total. The highest BCUT2D eigenvalue weighted by Gasteiger charge is 1.99. The number of hydrogen-bond donors (Lipinski definition) is 1. The topological polar surface area (TPSA) is 47.0 Å². The Morgan fingerprint density at radius 2 is 2.31 bits per heavy atom. The Hall–Kier alpha value is -1.03. The van der Waals surface area contributed by atoms with Crippen LogP contribution in [0.4, 0.5) is 5.82 Å². The highest BCUT2D eigenvalue weighted by molar-refractivity contribution is 6.20. The van der Waals surface area contributed by atoms with Crippen molar-refractivity contribution >= 4 is 17.4 Å². The van der Waals surface area contributed by atoms with Crippen LogP contribution in [0.25, 0.3) is 0 Å². The summed E-state index contributed by atoms with van der Waals surface area (Å²) in [7, 11) is 0. The summed E-state index contributed by atoms with van der Waals surface area (Å²) in [6, 6.07) is 1.80. The van der Waals surface area contributed by atoms with Gasteiger partial charge in [-0.3, -0.25) is 0 Å². The number of hydrogen-bond acceptors (Lipinski definition) is 4. The van der Waals surface area contributed by atoms with Gasteiger partial charge in [0, 0.05) is 18.0 Å². The van der Waals surface area contributed by atoms with Crippen LogP contribution in [-0.4, -0.2) is 28.5 Å². The summed E-state index contributed by atoms with van der Waals surface area (Å²) in [5.74, 6) is 1.39. The van der Waals surface area contributed by atoms with Crippen LogP contribution in [0.1, 0.15) is 26.7 Å². The molecular weight excluding hydrogens is 226 g/mol. The molecule has 0 saturated heterocycles. The van der Waals surface area contributed by atoms with Gasteiger partial charge >= 0.3 is 0 Å². The second-order valence-electron chi connectivity index (χ2n) is 3.52. The molecule has 1 rings (SSSR count). The lowest BCUT2D eigenvalue weighted by atomic mass is 10.2. The van der Waals surface area contributed by atoms with Gasteiger partial charge in [0.25, 0.3) is 0 Å². The van der Waals surface area contributed by atoms with Gasteiger partial charge in [0.05, 0.1) is 6.61 Å². The fourth-order valence-electron chi connectivity index (χ4n) is 1.26. The quantitative estimate of drug-likeness (QED) is 0.591. The molecule has 90 valence electrons. The van der Waals surface area contributed by atoms with E-state index in [1.165, 1.54) is 6.33 Å². The van der Waals surface area contributed by atoms with Crippen LogP contribution in [0, 0.1) is 0 Å². The number of alkyl halides is 1. The molecule has 16 heavy (non-hydrogen) atoms. The predicted molar refractivity (Wildman–Crippen MR) is 66.2 cm³/mol. The molecule has 0 saturated carbocycles. The van der Waals surface area contributed by atoms with Crippen molar-refractivity contribution in [2.24, 2.45) is 0 Å². The van der Waals surface area contributed by atoms with Crippen LogP contribution >= 0.6 is 11.6 Å². The van der Waals surface area contributed by atoms with E-state index in [0.717, 1.165) is 25.2 Å². The van der Waals surface area contributed by atoms with Gasteiger partial charge in [-0.25, -0.2) is 9.97 Å². The molecular formula is C11H18ClN3O. The third-order valence-corrected chi connectivity index (χ3v) is 2.24. The monoisotopic (exact) mass is 243 g/mol. The van der Waals surface area contributed by atoms with E-state index in [4.69, 9.17) is 16.3 Å². The summed E-state index contributed by atoms with van der Waals surface area (Å²) in [6.07, 6.45) is 3.52. The van der Waals surface area contributed by atoms with Crippen molar-refractivity contribution in [2.45, 2.75) is 32.1 Å². The van der Waals surface area contributed by atoms with Gasteiger partial charge < -0.3 is 10.1 Å². The van der Waals surface area contributed by atoms with E-state index in [0.29, 0.717) is 12.5 Å². The lowest BCUT2D eigenvalue weighted by Crippen LogP contribution is -2.06. The minimum absolute atomic E-state index is 0.228. The molecule has 0 fully saturated rings. The van der Waals surface area contributed by atoms with Crippen molar-refractivity contribution in [1.29, 1.82) is 0 Å².